The van der Waals surface area contributed by atoms with Crippen LogP contribution in [0.25, 0.3) is 0 Å². The highest BCUT2D eigenvalue weighted by Gasteiger charge is 2.12. The second-order valence-corrected chi connectivity index (χ2v) is 3.97. The Hall–Kier alpha value is -0.970. The first-order valence-corrected chi connectivity index (χ1v) is 5.97. The molecule has 0 bridgehead atoms. The fourth-order valence-electron chi connectivity index (χ4n) is 1.30. The van der Waals surface area contributed by atoms with Gasteiger partial charge in [-0.3, -0.25) is 4.79 Å². The molecule has 0 spiro atoms. The maximum atomic E-state index is 11.8. The zero-order valence-electron chi connectivity index (χ0n) is 10.2. The number of amides is 1. The van der Waals surface area contributed by atoms with Crippen molar-refractivity contribution in [3.8, 4) is 5.75 Å². The Labute approximate surface area is 118 Å². The van der Waals surface area contributed by atoms with Crippen molar-refractivity contribution in [3.05, 3.63) is 28.8 Å². The van der Waals surface area contributed by atoms with Gasteiger partial charge in [-0.25, -0.2) is 0 Å². The minimum atomic E-state index is -0.218. The average Bonchev–Trinajstić information content (AvgIpc) is 2.34. The van der Waals surface area contributed by atoms with Crippen molar-refractivity contribution in [2.24, 2.45) is 5.73 Å². The Balaban J connectivity index is 0.00000289. The summed E-state index contributed by atoms with van der Waals surface area (Å²) in [5, 5.41) is 3.20. The molecule has 1 aromatic carbocycles. The smallest absolute Gasteiger partial charge is 0.255 e. The minimum Gasteiger partial charge on any atom is -0.493 e. The Morgan fingerprint density at radius 3 is 2.83 bits per heavy atom. The van der Waals surface area contributed by atoms with Gasteiger partial charge in [0.2, 0.25) is 0 Å². The molecule has 4 nitrogen and oxygen atoms in total. The minimum absolute atomic E-state index is 0. The molecule has 0 aliphatic rings. The van der Waals surface area contributed by atoms with E-state index >= 15 is 0 Å². The van der Waals surface area contributed by atoms with Gasteiger partial charge in [0, 0.05) is 18.1 Å². The van der Waals surface area contributed by atoms with E-state index in [1.54, 1.807) is 18.2 Å². The summed E-state index contributed by atoms with van der Waals surface area (Å²) in [6.07, 6.45) is 0.881. The first kappa shape index (κ1) is 17.0. The van der Waals surface area contributed by atoms with Crippen LogP contribution in [0.15, 0.2) is 18.2 Å². The van der Waals surface area contributed by atoms with Gasteiger partial charge < -0.3 is 15.8 Å². The molecule has 0 aliphatic heterocycles. The first-order chi connectivity index (χ1) is 8.19. The van der Waals surface area contributed by atoms with E-state index in [1.165, 1.54) is 0 Å². The fourth-order valence-corrected chi connectivity index (χ4v) is 1.47. The molecule has 0 fully saturated rings. The van der Waals surface area contributed by atoms with Gasteiger partial charge in [0.15, 0.2) is 0 Å². The summed E-state index contributed by atoms with van der Waals surface area (Å²) in [5.41, 5.74) is 5.77. The van der Waals surface area contributed by atoms with Crippen LogP contribution >= 0.6 is 24.0 Å². The van der Waals surface area contributed by atoms with Crippen LogP contribution in [0, 0.1) is 0 Å². The van der Waals surface area contributed by atoms with Crippen LogP contribution in [-0.4, -0.2) is 25.6 Å². The highest BCUT2D eigenvalue weighted by Crippen LogP contribution is 2.23. The molecule has 0 saturated carbocycles. The van der Waals surface area contributed by atoms with Crippen molar-refractivity contribution in [2.45, 2.75) is 13.3 Å². The molecule has 0 aromatic heterocycles. The fraction of sp³-hybridized carbons (Fsp3) is 0.417. The van der Waals surface area contributed by atoms with Crippen LogP contribution in [0.5, 0.6) is 5.75 Å². The van der Waals surface area contributed by atoms with E-state index in [2.05, 4.69) is 5.32 Å². The molecule has 1 rings (SSSR count). The van der Waals surface area contributed by atoms with E-state index in [0.717, 1.165) is 6.42 Å². The lowest BCUT2D eigenvalue weighted by atomic mass is 10.2. The summed E-state index contributed by atoms with van der Waals surface area (Å²) in [6, 6.07) is 5.00. The predicted octanol–water partition coefficient (Wildman–Crippen LogP) is 2.24. The van der Waals surface area contributed by atoms with Crippen molar-refractivity contribution in [3.63, 3.8) is 0 Å². The summed E-state index contributed by atoms with van der Waals surface area (Å²) in [6.45, 7) is 3.40. The molecular formula is C12H18Cl2N2O2. The van der Waals surface area contributed by atoms with Crippen LogP contribution in [0.3, 0.4) is 0 Å². The molecule has 18 heavy (non-hydrogen) atoms. The van der Waals surface area contributed by atoms with Gasteiger partial charge in [0.25, 0.3) is 5.91 Å². The van der Waals surface area contributed by atoms with Crippen LogP contribution in [-0.2, 0) is 0 Å². The lowest BCUT2D eigenvalue weighted by Crippen LogP contribution is -2.29. The number of nitrogens with one attached hydrogen (secondary N) is 1. The second-order valence-electron chi connectivity index (χ2n) is 3.53. The highest BCUT2D eigenvalue weighted by atomic mass is 35.5. The Kier molecular flexibility index (Phi) is 8.54. The van der Waals surface area contributed by atoms with Gasteiger partial charge in [-0.2, -0.15) is 0 Å². The number of benzene rings is 1. The van der Waals surface area contributed by atoms with E-state index in [0.29, 0.717) is 36.0 Å². The standard InChI is InChI=1S/C12H17ClN2O2.ClH/c1-2-7-17-11-4-3-9(13)8-10(11)12(16)15-6-5-14;/h3-4,8H,2,5-7,14H2,1H3,(H,15,16);1H. The van der Waals surface area contributed by atoms with Gasteiger partial charge in [-0.1, -0.05) is 18.5 Å². The first-order valence-electron chi connectivity index (χ1n) is 5.59. The Bertz CT molecular complexity index is 386. The number of hydrogen-bond donors (Lipinski definition) is 2. The second kappa shape index (κ2) is 9.03. The molecule has 3 N–H and O–H groups in total. The Morgan fingerprint density at radius 2 is 2.22 bits per heavy atom. The number of halogens is 2. The van der Waals surface area contributed by atoms with Crippen LogP contribution in [0.1, 0.15) is 23.7 Å². The van der Waals surface area contributed by atoms with Crippen molar-refractivity contribution in [1.82, 2.24) is 5.32 Å². The van der Waals surface area contributed by atoms with Crippen LogP contribution < -0.4 is 15.8 Å². The predicted molar refractivity (Wildman–Crippen MR) is 75.9 cm³/mol. The zero-order chi connectivity index (χ0) is 12.7. The number of rotatable bonds is 6. The summed E-state index contributed by atoms with van der Waals surface area (Å²) in [4.78, 5) is 11.8. The quantitative estimate of drug-likeness (QED) is 0.845. The van der Waals surface area contributed by atoms with Gasteiger partial charge in [-0.05, 0) is 24.6 Å². The molecular weight excluding hydrogens is 275 g/mol. The van der Waals surface area contributed by atoms with E-state index in [-0.39, 0.29) is 18.3 Å². The zero-order valence-corrected chi connectivity index (χ0v) is 11.8. The highest BCUT2D eigenvalue weighted by molar-refractivity contribution is 6.31. The molecule has 0 radical (unpaired) electrons. The number of nitrogens with two attached hydrogens (primary N) is 1. The monoisotopic (exact) mass is 292 g/mol. The third kappa shape index (κ3) is 5.12. The largest absolute Gasteiger partial charge is 0.493 e. The van der Waals surface area contributed by atoms with Gasteiger partial charge in [0.05, 0.1) is 12.2 Å². The molecule has 0 saturated heterocycles. The van der Waals surface area contributed by atoms with Gasteiger partial charge >= 0.3 is 0 Å². The molecule has 6 heteroatoms. The van der Waals surface area contributed by atoms with E-state index in [1.807, 2.05) is 6.92 Å². The molecule has 0 aliphatic carbocycles. The third-order valence-electron chi connectivity index (χ3n) is 2.08. The van der Waals surface area contributed by atoms with Crippen molar-refractivity contribution < 1.29 is 9.53 Å². The number of hydrogen-bond acceptors (Lipinski definition) is 3. The summed E-state index contributed by atoms with van der Waals surface area (Å²) in [5.74, 6) is 0.329. The summed E-state index contributed by atoms with van der Waals surface area (Å²) in [7, 11) is 0. The topological polar surface area (TPSA) is 64.3 Å². The third-order valence-corrected chi connectivity index (χ3v) is 2.31. The van der Waals surface area contributed by atoms with E-state index in [9.17, 15) is 4.79 Å². The molecule has 0 heterocycles. The van der Waals surface area contributed by atoms with Crippen LogP contribution in [0.2, 0.25) is 5.02 Å². The normalized spacial score (nSPS) is 9.50. The summed E-state index contributed by atoms with van der Waals surface area (Å²) < 4.78 is 5.49. The van der Waals surface area contributed by atoms with E-state index < -0.39 is 0 Å². The van der Waals surface area contributed by atoms with Gasteiger partial charge in [-0.15, -0.1) is 12.4 Å². The SMILES string of the molecule is CCCOc1ccc(Cl)cc1C(=O)NCCN.Cl. The van der Waals surface area contributed by atoms with Crippen molar-refractivity contribution in [1.29, 1.82) is 0 Å². The lowest BCUT2D eigenvalue weighted by Gasteiger charge is -2.11. The van der Waals surface area contributed by atoms with E-state index in [4.69, 9.17) is 22.1 Å². The van der Waals surface area contributed by atoms with Crippen molar-refractivity contribution >= 4 is 29.9 Å². The maximum Gasteiger partial charge on any atom is 0.255 e. The molecule has 1 amide bonds. The number of carbonyl (C=O) groups is 1. The van der Waals surface area contributed by atoms with Crippen LogP contribution in [0.4, 0.5) is 0 Å². The lowest BCUT2D eigenvalue weighted by molar-refractivity contribution is 0.0950. The number of carbonyl (C=O) groups excluding carboxylic acids is 1. The van der Waals surface area contributed by atoms with Crippen molar-refractivity contribution in [2.75, 3.05) is 19.7 Å². The maximum absolute atomic E-state index is 11.8. The summed E-state index contributed by atoms with van der Waals surface area (Å²) >= 11 is 5.87. The van der Waals surface area contributed by atoms with Gasteiger partial charge in [0.1, 0.15) is 5.75 Å². The molecule has 1 aromatic rings. The Morgan fingerprint density at radius 1 is 1.50 bits per heavy atom. The molecule has 102 valence electrons. The molecule has 0 unspecified atom stereocenters. The average molecular weight is 293 g/mol. The number of ether oxygens (including phenoxy) is 1. The molecule has 0 atom stereocenters.